The number of benzene rings is 1. The van der Waals surface area contributed by atoms with Crippen molar-refractivity contribution in [1.29, 1.82) is 0 Å². The summed E-state index contributed by atoms with van der Waals surface area (Å²) in [6.45, 7) is 0. The largest absolute Gasteiger partial charge is 0.467 e. The number of aliphatic hydroxyl groups is 2. The molecule has 2 amide bonds. The SMILES string of the molecule is COC(=O)C(O)C(O)C(=O)N[C@@H](Cc1ccccc1)C(=O)N[C@H]([C]=O)Cc1c[nH]cn1. The number of carbonyl (C=O) groups is 3. The van der Waals surface area contributed by atoms with E-state index in [9.17, 15) is 29.4 Å². The molecule has 0 spiro atoms. The zero-order valence-corrected chi connectivity index (χ0v) is 16.6. The van der Waals surface area contributed by atoms with E-state index in [0.717, 1.165) is 7.11 Å². The highest BCUT2D eigenvalue weighted by Gasteiger charge is 2.34. The van der Waals surface area contributed by atoms with Crippen molar-refractivity contribution in [2.45, 2.75) is 37.1 Å². The third-order valence-corrected chi connectivity index (χ3v) is 4.35. The Balaban J connectivity index is 2.13. The van der Waals surface area contributed by atoms with Crippen LogP contribution in [0.15, 0.2) is 42.9 Å². The minimum atomic E-state index is -2.16. The molecule has 5 N–H and O–H groups in total. The predicted octanol–water partition coefficient (Wildman–Crippen LogP) is -1.83. The average molecular weight is 431 g/mol. The molecule has 1 aromatic heterocycles. The van der Waals surface area contributed by atoms with E-state index >= 15 is 0 Å². The summed E-state index contributed by atoms with van der Waals surface area (Å²) in [6.07, 6.45) is 0.508. The Morgan fingerprint density at radius 2 is 1.81 bits per heavy atom. The average Bonchev–Trinajstić information content (AvgIpc) is 3.30. The Morgan fingerprint density at radius 1 is 1.10 bits per heavy atom. The van der Waals surface area contributed by atoms with E-state index in [4.69, 9.17) is 0 Å². The number of nitrogens with zero attached hydrogens (tertiary/aromatic N) is 1. The first-order valence-corrected chi connectivity index (χ1v) is 9.29. The fraction of sp³-hybridized carbons (Fsp3) is 0.350. The van der Waals surface area contributed by atoms with Gasteiger partial charge >= 0.3 is 5.97 Å². The van der Waals surface area contributed by atoms with Gasteiger partial charge in [-0.25, -0.2) is 9.78 Å². The molecule has 1 heterocycles. The Hall–Kier alpha value is -3.57. The van der Waals surface area contributed by atoms with Crippen LogP contribution in [0.3, 0.4) is 0 Å². The number of aromatic amines is 1. The minimum absolute atomic E-state index is 0.0213. The first kappa shape index (κ1) is 23.7. The molecule has 0 aliphatic rings. The van der Waals surface area contributed by atoms with Gasteiger partial charge in [-0.1, -0.05) is 30.3 Å². The summed E-state index contributed by atoms with van der Waals surface area (Å²) in [7, 11) is 0.983. The molecular formula is C20H23N4O7. The van der Waals surface area contributed by atoms with Gasteiger partial charge < -0.3 is 30.6 Å². The lowest BCUT2D eigenvalue weighted by Crippen LogP contribution is -2.55. The summed E-state index contributed by atoms with van der Waals surface area (Å²) in [6, 6.07) is 6.44. The van der Waals surface area contributed by atoms with Gasteiger partial charge in [0.2, 0.25) is 12.2 Å². The highest BCUT2D eigenvalue weighted by molar-refractivity contribution is 5.93. The number of ether oxygens (including phenoxy) is 1. The Morgan fingerprint density at radius 3 is 2.39 bits per heavy atom. The molecule has 2 rings (SSSR count). The minimum Gasteiger partial charge on any atom is -0.467 e. The van der Waals surface area contributed by atoms with Crippen LogP contribution in [0, 0.1) is 0 Å². The quantitative estimate of drug-likeness (QED) is 0.259. The van der Waals surface area contributed by atoms with E-state index in [1.165, 1.54) is 6.33 Å². The monoisotopic (exact) mass is 431 g/mol. The van der Waals surface area contributed by atoms with Crippen LogP contribution in [-0.4, -0.2) is 75.7 Å². The smallest absolute Gasteiger partial charge is 0.338 e. The molecule has 0 fully saturated rings. The highest BCUT2D eigenvalue weighted by atomic mass is 16.5. The van der Waals surface area contributed by atoms with Gasteiger partial charge in [-0.3, -0.25) is 14.4 Å². The molecule has 0 bridgehead atoms. The standard InChI is InChI=1S/C20H23N4O7/c1-31-20(30)17(27)16(26)19(29)24-15(7-12-5-3-2-4-6-12)18(28)23-14(10-25)8-13-9-21-11-22-13/h2-6,9,11,14-17,26-27H,7-8H2,1H3,(H,21,22)(H,23,28)(H,24,29)/t14-,15-,16?,17?/m0/s1. The van der Waals surface area contributed by atoms with Gasteiger partial charge in [0, 0.05) is 19.0 Å². The number of esters is 1. The number of carbonyl (C=O) groups excluding carboxylic acids is 4. The Labute approximate surface area is 177 Å². The van der Waals surface area contributed by atoms with Gasteiger partial charge in [0.05, 0.1) is 19.1 Å². The summed E-state index contributed by atoms with van der Waals surface area (Å²) in [5.74, 6) is -3.09. The van der Waals surface area contributed by atoms with Crippen LogP contribution in [0.4, 0.5) is 0 Å². The first-order chi connectivity index (χ1) is 14.8. The van der Waals surface area contributed by atoms with Gasteiger partial charge in [0.15, 0.2) is 12.2 Å². The second kappa shape index (κ2) is 11.6. The molecule has 0 aliphatic heterocycles. The number of nitrogens with one attached hydrogen (secondary N) is 3. The van der Waals surface area contributed by atoms with Crippen LogP contribution in [0.2, 0.25) is 0 Å². The van der Waals surface area contributed by atoms with Gasteiger partial charge in [-0.05, 0) is 5.56 Å². The van der Waals surface area contributed by atoms with Crippen molar-refractivity contribution < 1.29 is 34.1 Å². The molecule has 11 heteroatoms. The van der Waals surface area contributed by atoms with Crippen molar-refractivity contribution >= 4 is 24.1 Å². The number of hydrogen-bond donors (Lipinski definition) is 5. The third-order valence-electron chi connectivity index (χ3n) is 4.35. The molecule has 0 aliphatic carbocycles. The van der Waals surface area contributed by atoms with Crippen LogP contribution < -0.4 is 10.6 Å². The second-order valence-electron chi connectivity index (χ2n) is 6.61. The van der Waals surface area contributed by atoms with E-state index < -0.39 is 42.1 Å². The molecule has 1 aromatic carbocycles. The number of imidazole rings is 1. The van der Waals surface area contributed by atoms with Crippen molar-refractivity contribution in [3.8, 4) is 0 Å². The number of hydrogen-bond acceptors (Lipinski definition) is 8. The maximum absolute atomic E-state index is 12.8. The van der Waals surface area contributed by atoms with Crippen molar-refractivity contribution in [2.75, 3.05) is 7.11 Å². The number of amides is 2. The van der Waals surface area contributed by atoms with Crippen LogP contribution in [0.25, 0.3) is 0 Å². The summed E-state index contributed by atoms with van der Waals surface area (Å²) in [5, 5.41) is 24.4. The third kappa shape index (κ3) is 7.01. The van der Waals surface area contributed by atoms with Crippen LogP contribution in [-0.2, 0) is 36.8 Å². The molecule has 2 unspecified atom stereocenters. The van der Waals surface area contributed by atoms with E-state index in [1.807, 2.05) is 0 Å². The molecule has 2 aromatic rings. The number of methoxy groups -OCH3 is 1. The summed E-state index contributed by atoms with van der Waals surface area (Å²) in [5.41, 5.74) is 1.21. The van der Waals surface area contributed by atoms with E-state index in [2.05, 4.69) is 25.3 Å². The van der Waals surface area contributed by atoms with Crippen molar-refractivity contribution in [3.05, 3.63) is 54.1 Å². The van der Waals surface area contributed by atoms with Gasteiger partial charge in [0.25, 0.3) is 5.91 Å². The van der Waals surface area contributed by atoms with E-state index in [-0.39, 0.29) is 12.8 Å². The number of aromatic nitrogens is 2. The van der Waals surface area contributed by atoms with Crippen molar-refractivity contribution in [3.63, 3.8) is 0 Å². The topological polar surface area (TPSA) is 171 Å². The van der Waals surface area contributed by atoms with Gasteiger partial charge in [-0.15, -0.1) is 0 Å². The number of rotatable bonds is 11. The van der Waals surface area contributed by atoms with Gasteiger partial charge in [-0.2, -0.15) is 0 Å². The zero-order chi connectivity index (χ0) is 22.8. The lowest BCUT2D eigenvalue weighted by atomic mass is 10.0. The predicted molar refractivity (Wildman–Crippen MR) is 106 cm³/mol. The van der Waals surface area contributed by atoms with E-state index in [0.29, 0.717) is 11.3 Å². The number of aliphatic hydroxyl groups excluding tert-OH is 2. The molecule has 165 valence electrons. The summed E-state index contributed by atoms with van der Waals surface area (Å²) < 4.78 is 4.29. The van der Waals surface area contributed by atoms with Crippen LogP contribution in [0.5, 0.6) is 0 Å². The Kier molecular flexibility index (Phi) is 8.85. The zero-order valence-electron chi connectivity index (χ0n) is 16.6. The molecule has 4 atom stereocenters. The normalized spacial score (nSPS) is 14.5. The molecule has 0 saturated heterocycles. The lowest BCUT2D eigenvalue weighted by molar-refractivity contribution is -0.161. The summed E-state index contributed by atoms with van der Waals surface area (Å²) >= 11 is 0. The fourth-order valence-electron chi connectivity index (χ4n) is 2.72. The molecule has 31 heavy (non-hydrogen) atoms. The fourth-order valence-corrected chi connectivity index (χ4v) is 2.72. The number of H-pyrrole nitrogens is 1. The molecule has 11 nitrogen and oxygen atoms in total. The maximum Gasteiger partial charge on any atom is 0.338 e. The second-order valence-corrected chi connectivity index (χ2v) is 6.61. The van der Waals surface area contributed by atoms with Gasteiger partial charge in [0.1, 0.15) is 12.1 Å². The molecular weight excluding hydrogens is 408 g/mol. The highest BCUT2D eigenvalue weighted by Crippen LogP contribution is 2.06. The molecule has 0 saturated carbocycles. The van der Waals surface area contributed by atoms with Crippen LogP contribution >= 0.6 is 0 Å². The van der Waals surface area contributed by atoms with E-state index in [1.54, 1.807) is 42.8 Å². The maximum atomic E-state index is 12.8. The van der Waals surface area contributed by atoms with Crippen molar-refractivity contribution in [2.24, 2.45) is 0 Å². The summed E-state index contributed by atoms with van der Waals surface area (Å²) in [4.78, 5) is 54.5. The lowest BCUT2D eigenvalue weighted by Gasteiger charge is -2.23. The first-order valence-electron chi connectivity index (χ1n) is 9.29. The van der Waals surface area contributed by atoms with Crippen molar-refractivity contribution in [1.82, 2.24) is 20.6 Å². The Bertz CT molecular complexity index is 873. The van der Waals surface area contributed by atoms with Crippen LogP contribution in [0.1, 0.15) is 11.3 Å². The molecule has 1 radical (unpaired) electrons.